The molecule has 0 unspecified atom stereocenters. The zero-order valence-corrected chi connectivity index (χ0v) is 13.7. The zero-order chi connectivity index (χ0) is 14.6. The van der Waals surface area contributed by atoms with E-state index in [-0.39, 0.29) is 0 Å². The Morgan fingerprint density at radius 3 is 2.16 bits per heavy atom. The molecule has 0 atom stereocenters. The smallest absolute Gasteiger partial charge is 0.0946 e. The summed E-state index contributed by atoms with van der Waals surface area (Å²) in [5.74, 6) is 0.375. The fourth-order valence-electron chi connectivity index (χ4n) is 2.18. The maximum Gasteiger partial charge on any atom is 0.0946 e. The largest absolute Gasteiger partial charge is 0.278 e. The van der Waals surface area contributed by atoms with Crippen LogP contribution in [0.15, 0.2) is 29.5 Å². The van der Waals surface area contributed by atoms with Gasteiger partial charge < -0.3 is 0 Å². The van der Waals surface area contributed by atoms with Crippen LogP contribution in [-0.2, 0) is 0 Å². The van der Waals surface area contributed by atoms with Crippen molar-refractivity contribution in [3.05, 3.63) is 39.5 Å². The molecule has 1 rings (SSSR count). The zero-order valence-electron chi connectivity index (χ0n) is 12.2. The highest BCUT2D eigenvalue weighted by Gasteiger charge is 2.20. The summed E-state index contributed by atoms with van der Waals surface area (Å²) in [6.45, 7) is 8.64. The van der Waals surface area contributed by atoms with Gasteiger partial charge in [0.1, 0.15) is 0 Å². The second kappa shape index (κ2) is 7.18. The summed E-state index contributed by atoms with van der Waals surface area (Å²) in [6.07, 6.45) is 0.994. The van der Waals surface area contributed by atoms with Crippen LogP contribution in [0.3, 0.4) is 0 Å². The van der Waals surface area contributed by atoms with Crippen molar-refractivity contribution in [1.29, 1.82) is 0 Å². The number of allylic oxidation sites excluding steroid dienone is 2. The molecule has 0 aliphatic heterocycles. The minimum atomic E-state index is 0.375. The van der Waals surface area contributed by atoms with Crippen molar-refractivity contribution in [3.63, 3.8) is 0 Å². The first-order valence-corrected chi connectivity index (χ1v) is 7.30. The van der Waals surface area contributed by atoms with Crippen molar-refractivity contribution in [3.8, 4) is 0 Å². The molecule has 0 saturated heterocycles. The normalized spacial score (nSPS) is 12.6. The summed E-state index contributed by atoms with van der Waals surface area (Å²) in [6, 6.07) is 5.56. The van der Waals surface area contributed by atoms with Gasteiger partial charge in [0, 0.05) is 12.7 Å². The number of para-hydroxylation sites is 1. The minimum Gasteiger partial charge on any atom is -0.278 e. The van der Waals surface area contributed by atoms with Crippen molar-refractivity contribution in [2.24, 2.45) is 5.92 Å². The first-order valence-electron chi connectivity index (χ1n) is 6.55. The van der Waals surface area contributed by atoms with Crippen LogP contribution in [0.1, 0.15) is 34.1 Å². The average molecular weight is 301 g/mol. The molecule has 0 aliphatic rings. The molecule has 0 fully saturated rings. The lowest BCUT2D eigenvalue weighted by Crippen LogP contribution is -2.37. The first kappa shape index (κ1) is 16.4. The van der Waals surface area contributed by atoms with E-state index in [0.717, 1.165) is 12.1 Å². The van der Waals surface area contributed by atoms with E-state index in [4.69, 9.17) is 23.2 Å². The minimum absolute atomic E-state index is 0.375. The van der Waals surface area contributed by atoms with Gasteiger partial charge in [0.05, 0.1) is 15.7 Å². The molecule has 1 N–H and O–H groups in total. The number of hydrogen-bond donors (Lipinski definition) is 1. The van der Waals surface area contributed by atoms with Gasteiger partial charge in [-0.25, -0.2) is 5.43 Å². The van der Waals surface area contributed by atoms with E-state index in [2.05, 4.69) is 33.1 Å². The molecule has 0 saturated carbocycles. The molecule has 19 heavy (non-hydrogen) atoms. The molecule has 0 bridgehead atoms. The van der Waals surface area contributed by atoms with E-state index in [0.29, 0.717) is 16.0 Å². The number of hydrazine groups is 1. The third-order valence-electron chi connectivity index (χ3n) is 3.14. The number of halogens is 2. The number of hydrogen-bond acceptors (Lipinski definition) is 2. The van der Waals surface area contributed by atoms with Gasteiger partial charge >= 0.3 is 0 Å². The molecule has 0 aliphatic carbocycles. The van der Waals surface area contributed by atoms with Gasteiger partial charge in [-0.15, -0.1) is 0 Å². The third-order valence-corrected chi connectivity index (χ3v) is 3.75. The predicted molar refractivity (Wildman–Crippen MR) is 85.8 cm³/mol. The molecule has 0 radical (unpaired) electrons. The third kappa shape index (κ3) is 3.65. The van der Waals surface area contributed by atoms with Crippen LogP contribution in [-0.4, -0.2) is 7.05 Å². The molecule has 0 amide bonds. The Balaban J connectivity index is 3.41. The van der Waals surface area contributed by atoms with Crippen LogP contribution < -0.4 is 10.4 Å². The number of benzene rings is 1. The van der Waals surface area contributed by atoms with Gasteiger partial charge in [-0.1, -0.05) is 55.6 Å². The van der Waals surface area contributed by atoms with E-state index in [1.54, 1.807) is 0 Å². The van der Waals surface area contributed by atoms with Crippen molar-refractivity contribution in [2.75, 3.05) is 12.1 Å². The Morgan fingerprint density at radius 2 is 1.79 bits per heavy atom. The quantitative estimate of drug-likeness (QED) is 0.745. The van der Waals surface area contributed by atoms with Crippen molar-refractivity contribution < 1.29 is 0 Å². The lowest BCUT2D eigenvalue weighted by Gasteiger charge is -2.32. The van der Waals surface area contributed by atoms with Gasteiger partial charge in [-0.3, -0.25) is 5.01 Å². The van der Waals surface area contributed by atoms with Crippen LogP contribution in [0, 0.1) is 5.92 Å². The van der Waals surface area contributed by atoms with Crippen molar-refractivity contribution in [1.82, 2.24) is 5.43 Å². The average Bonchev–Trinajstić information content (AvgIpc) is 2.36. The molecular weight excluding hydrogens is 279 g/mol. The van der Waals surface area contributed by atoms with Crippen LogP contribution in [0.2, 0.25) is 10.0 Å². The lowest BCUT2D eigenvalue weighted by atomic mass is 10.0. The van der Waals surface area contributed by atoms with E-state index in [1.165, 1.54) is 11.3 Å². The summed E-state index contributed by atoms with van der Waals surface area (Å²) in [4.78, 5) is 0. The lowest BCUT2D eigenvalue weighted by molar-refractivity contribution is 0.647. The summed E-state index contributed by atoms with van der Waals surface area (Å²) < 4.78 is 0. The van der Waals surface area contributed by atoms with E-state index in [9.17, 15) is 0 Å². The number of rotatable bonds is 5. The highest BCUT2D eigenvalue weighted by molar-refractivity contribution is 6.39. The second-order valence-corrected chi connectivity index (χ2v) is 5.62. The molecule has 2 nitrogen and oxygen atoms in total. The molecular formula is C15H22Cl2N2. The summed E-state index contributed by atoms with van der Waals surface area (Å²) >= 11 is 12.6. The van der Waals surface area contributed by atoms with Crippen molar-refractivity contribution >= 4 is 28.9 Å². The first-order chi connectivity index (χ1) is 8.93. The Bertz CT molecular complexity index is 447. The van der Waals surface area contributed by atoms with Gasteiger partial charge in [0.15, 0.2) is 0 Å². The molecule has 1 aromatic rings. The van der Waals surface area contributed by atoms with E-state index >= 15 is 0 Å². The van der Waals surface area contributed by atoms with Crippen LogP contribution >= 0.6 is 23.2 Å². The fourth-order valence-corrected chi connectivity index (χ4v) is 2.74. The van der Waals surface area contributed by atoms with Crippen molar-refractivity contribution in [2.45, 2.75) is 34.1 Å². The molecule has 0 heterocycles. The Morgan fingerprint density at radius 1 is 1.26 bits per heavy atom. The Kier molecular flexibility index (Phi) is 6.18. The highest BCUT2D eigenvalue weighted by atomic mass is 35.5. The van der Waals surface area contributed by atoms with Crippen LogP contribution in [0.5, 0.6) is 0 Å². The monoisotopic (exact) mass is 300 g/mol. The summed E-state index contributed by atoms with van der Waals surface area (Å²) in [7, 11) is 1.88. The highest BCUT2D eigenvalue weighted by Crippen LogP contribution is 2.36. The fraction of sp³-hybridized carbons (Fsp3) is 0.467. The Hall–Kier alpha value is -0.700. The van der Waals surface area contributed by atoms with Gasteiger partial charge in [-0.2, -0.15) is 0 Å². The molecule has 0 aromatic heterocycles. The summed E-state index contributed by atoms with van der Waals surface area (Å²) in [5, 5.41) is 3.28. The number of nitrogens with zero attached hydrogens (tertiary/aromatic N) is 1. The van der Waals surface area contributed by atoms with Crippen LogP contribution in [0.25, 0.3) is 0 Å². The topological polar surface area (TPSA) is 15.3 Å². The number of nitrogens with one attached hydrogen (secondary N) is 1. The molecule has 4 heteroatoms. The molecule has 0 spiro atoms. The SMILES string of the molecule is CC/C(C)=C(\C(C)C)N(NC)c1c(Cl)cccc1Cl. The second-order valence-electron chi connectivity index (χ2n) is 4.80. The Labute approximate surface area is 126 Å². The molecule has 106 valence electrons. The maximum atomic E-state index is 6.31. The standard InChI is InChI=1S/C15H22Cl2N2/c1-6-11(4)14(10(2)3)19(18-5)15-12(16)8-7-9-13(15)17/h7-10,18H,6H2,1-5H3/b14-11+. The van der Waals surface area contributed by atoms with E-state index in [1.807, 2.05) is 30.3 Å². The molecule has 1 aromatic carbocycles. The van der Waals surface area contributed by atoms with Gasteiger partial charge in [0.2, 0.25) is 0 Å². The predicted octanol–water partition coefficient (Wildman–Crippen LogP) is 5.27. The van der Waals surface area contributed by atoms with E-state index < -0.39 is 0 Å². The van der Waals surface area contributed by atoms with Gasteiger partial charge in [-0.05, 0) is 31.4 Å². The van der Waals surface area contributed by atoms with Gasteiger partial charge in [0.25, 0.3) is 0 Å². The maximum absolute atomic E-state index is 6.31. The van der Waals surface area contributed by atoms with Crippen LogP contribution in [0.4, 0.5) is 5.69 Å². The summed E-state index contributed by atoms with van der Waals surface area (Å²) in [5.41, 5.74) is 6.54. The number of anilines is 1.